The van der Waals surface area contributed by atoms with Crippen molar-refractivity contribution in [2.24, 2.45) is 0 Å². The number of ether oxygens (including phenoxy) is 2. The van der Waals surface area contributed by atoms with Crippen LogP contribution in [0, 0.1) is 0 Å². The number of esters is 1. The Labute approximate surface area is 234 Å². The number of aliphatic hydroxyl groups is 1. The lowest BCUT2D eigenvalue weighted by atomic mass is 9.84. The fourth-order valence-corrected chi connectivity index (χ4v) is 4.71. The van der Waals surface area contributed by atoms with Gasteiger partial charge in [-0.25, -0.2) is 4.79 Å². The fraction of sp³-hybridized carbons (Fsp3) is 0.312. The zero-order chi connectivity index (χ0) is 29.0. The summed E-state index contributed by atoms with van der Waals surface area (Å²) < 4.78 is 11.1. The van der Waals surface area contributed by atoms with Gasteiger partial charge in [0.1, 0.15) is 11.5 Å². The molecule has 8 nitrogen and oxygen atoms in total. The minimum Gasteiger partial charge on any atom is -0.507 e. The van der Waals surface area contributed by atoms with Crippen molar-refractivity contribution in [3.63, 3.8) is 0 Å². The summed E-state index contributed by atoms with van der Waals surface area (Å²) in [5.74, 6) is -1.81. The van der Waals surface area contributed by atoms with Crippen LogP contribution in [0.2, 0.25) is 0 Å². The molecule has 40 heavy (non-hydrogen) atoms. The second-order valence-corrected chi connectivity index (χ2v) is 10.5. The van der Waals surface area contributed by atoms with Crippen LogP contribution in [-0.2, 0) is 19.7 Å². The van der Waals surface area contributed by atoms with E-state index in [1.807, 2.05) is 34.6 Å². The monoisotopic (exact) mass is 542 g/mol. The highest BCUT2D eigenvalue weighted by Gasteiger charge is 2.47. The minimum absolute atomic E-state index is 0.0685. The number of aromatic nitrogens is 1. The Morgan fingerprint density at radius 1 is 1.02 bits per heavy atom. The molecule has 1 N–H and O–H groups in total. The van der Waals surface area contributed by atoms with Crippen molar-refractivity contribution in [1.82, 2.24) is 4.98 Å². The van der Waals surface area contributed by atoms with Crippen molar-refractivity contribution in [3.8, 4) is 5.75 Å². The van der Waals surface area contributed by atoms with Gasteiger partial charge in [0.25, 0.3) is 11.7 Å². The predicted molar refractivity (Wildman–Crippen MR) is 152 cm³/mol. The fourth-order valence-electron chi connectivity index (χ4n) is 4.71. The molecule has 208 valence electrons. The van der Waals surface area contributed by atoms with Crippen molar-refractivity contribution in [1.29, 1.82) is 0 Å². The summed E-state index contributed by atoms with van der Waals surface area (Å²) in [4.78, 5) is 45.1. The molecule has 1 aromatic heterocycles. The highest BCUT2D eigenvalue weighted by molar-refractivity contribution is 6.51. The van der Waals surface area contributed by atoms with Crippen LogP contribution in [0.15, 0.2) is 72.6 Å². The highest BCUT2D eigenvalue weighted by Crippen LogP contribution is 2.43. The summed E-state index contributed by atoms with van der Waals surface area (Å²) in [5.41, 5.74) is 1.95. The normalized spacial score (nSPS) is 16.7. The lowest BCUT2D eigenvalue weighted by Gasteiger charge is -2.26. The number of benzene rings is 2. The summed E-state index contributed by atoms with van der Waals surface area (Å²) in [6.07, 6.45) is 3.81. The lowest BCUT2D eigenvalue weighted by Crippen LogP contribution is -2.29. The second-order valence-electron chi connectivity index (χ2n) is 10.5. The van der Waals surface area contributed by atoms with Gasteiger partial charge < -0.3 is 14.6 Å². The number of pyridine rings is 1. The van der Waals surface area contributed by atoms with E-state index in [4.69, 9.17) is 9.47 Å². The standard InChI is InChI=1S/C32H34N2O6/c1-6-16-40-31(38)21-10-8-12-23(17-21)34-27(22-11-9-15-33-19-22)26(29(36)30(34)37)28(35)20-13-14-25(39-7-2)24(18-20)32(3,4)5/h8-15,17-19,27,35H,6-7,16H2,1-5H3/b28-26-. The van der Waals surface area contributed by atoms with Gasteiger partial charge in [-0.3, -0.25) is 19.5 Å². The lowest BCUT2D eigenvalue weighted by molar-refractivity contribution is -0.132. The third-order valence-electron chi connectivity index (χ3n) is 6.60. The number of hydrogen-bond donors (Lipinski definition) is 1. The van der Waals surface area contributed by atoms with Gasteiger partial charge in [-0.05, 0) is 66.8 Å². The second kappa shape index (κ2) is 11.7. The Hall–Kier alpha value is -4.46. The maximum Gasteiger partial charge on any atom is 0.338 e. The van der Waals surface area contributed by atoms with E-state index >= 15 is 0 Å². The molecule has 1 amide bonds. The van der Waals surface area contributed by atoms with Crippen molar-refractivity contribution in [3.05, 3.63) is 94.8 Å². The third-order valence-corrected chi connectivity index (χ3v) is 6.60. The molecule has 1 aliphatic heterocycles. The van der Waals surface area contributed by atoms with E-state index in [0.717, 1.165) is 5.56 Å². The van der Waals surface area contributed by atoms with Gasteiger partial charge in [0, 0.05) is 29.2 Å². The van der Waals surface area contributed by atoms with Gasteiger partial charge in [0.05, 0.1) is 30.4 Å². The van der Waals surface area contributed by atoms with Crippen LogP contribution in [-0.4, -0.2) is 41.0 Å². The Balaban J connectivity index is 1.89. The number of carbonyl (C=O) groups is 3. The van der Waals surface area contributed by atoms with E-state index in [0.29, 0.717) is 35.6 Å². The van der Waals surface area contributed by atoms with Crippen LogP contribution in [0.4, 0.5) is 5.69 Å². The first kappa shape index (κ1) is 28.5. The van der Waals surface area contributed by atoms with Crippen LogP contribution in [0.5, 0.6) is 5.75 Å². The van der Waals surface area contributed by atoms with E-state index in [2.05, 4.69) is 4.98 Å². The highest BCUT2D eigenvalue weighted by atomic mass is 16.5. The quantitative estimate of drug-likeness (QED) is 0.162. The number of aliphatic hydroxyl groups excluding tert-OH is 1. The number of carbonyl (C=O) groups excluding carboxylic acids is 3. The summed E-state index contributed by atoms with van der Waals surface area (Å²) in [6.45, 7) is 10.6. The van der Waals surface area contributed by atoms with Gasteiger partial charge in [0.2, 0.25) is 0 Å². The van der Waals surface area contributed by atoms with Gasteiger partial charge in [-0.2, -0.15) is 0 Å². The van der Waals surface area contributed by atoms with Crippen LogP contribution < -0.4 is 9.64 Å². The average Bonchev–Trinajstić information content (AvgIpc) is 3.21. The largest absolute Gasteiger partial charge is 0.507 e. The van der Waals surface area contributed by atoms with Crippen molar-refractivity contribution in [2.75, 3.05) is 18.1 Å². The molecule has 0 bridgehead atoms. The van der Waals surface area contributed by atoms with E-state index in [1.54, 1.807) is 60.9 Å². The van der Waals surface area contributed by atoms with E-state index in [9.17, 15) is 19.5 Å². The summed E-state index contributed by atoms with van der Waals surface area (Å²) in [6, 6.07) is 14.1. The third kappa shape index (κ3) is 5.61. The minimum atomic E-state index is -0.972. The summed E-state index contributed by atoms with van der Waals surface area (Å²) in [7, 11) is 0. The molecule has 1 fully saturated rings. The summed E-state index contributed by atoms with van der Waals surface area (Å²) in [5, 5.41) is 11.6. The zero-order valence-electron chi connectivity index (χ0n) is 23.4. The molecule has 0 aliphatic carbocycles. The molecular weight excluding hydrogens is 508 g/mol. The number of amides is 1. The molecule has 8 heteroatoms. The van der Waals surface area contributed by atoms with E-state index < -0.39 is 23.7 Å². The Morgan fingerprint density at radius 3 is 2.45 bits per heavy atom. The van der Waals surface area contributed by atoms with Gasteiger partial charge in [0.15, 0.2) is 0 Å². The number of Topliss-reactive ketones (excluding diaryl/α,β-unsaturated/α-hetero) is 1. The Bertz CT molecular complexity index is 1460. The number of nitrogens with zero attached hydrogens (tertiary/aromatic N) is 2. The van der Waals surface area contributed by atoms with E-state index in [-0.39, 0.29) is 28.9 Å². The summed E-state index contributed by atoms with van der Waals surface area (Å²) >= 11 is 0. The first-order chi connectivity index (χ1) is 19.1. The van der Waals surface area contributed by atoms with Gasteiger partial charge in [-0.1, -0.05) is 39.8 Å². The molecular formula is C32H34N2O6. The van der Waals surface area contributed by atoms with Crippen LogP contribution in [0.1, 0.15) is 74.1 Å². The number of ketones is 1. The predicted octanol–water partition coefficient (Wildman–Crippen LogP) is 5.97. The van der Waals surface area contributed by atoms with E-state index in [1.165, 1.54) is 11.0 Å². The zero-order valence-corrected chi connectivity index (χ0v) is 23.4. The maximum absolute atomic E-state index is 13.6. The number of anilines is 1. The van der Waals surface area contributed by atoms with Crippen molar-refractivity contribution in [2.45, 2.75) is 52.5 Å². The average molecular weight is 543 g/mol. The van der Waals surface area contributed by atoms with Crippen molar-refractivity contribution >= 4 is 29.1 Å². The van der Waals surface area contributed by atoms with Gasteiger partial charge >= 0.3 is 5.97 Å². The molecule has 2 heterocycles. The molecule has 1 unspecified atom stereocenters. The molecule has 3 aromatic rings. The number of rotatable bonds is 8. The first-order valence-corrected chi connectivity index (χ1v) is 13.3. The molecule has 1 aliphatic rings. The maximum atomic E-state index is 13.6. The topological polar surface area (TPSA) is 106 Å². The van der Waals surface area contributed by atoms with Gasteiger partial charge in [-0.15, -0.1) is 0 Å². The first-order valence-electron chi connectivity index (χ1n) is 13.3. The molecule has 1 atom stereocenters. The number of hydrogen-bond acceptors (Lipinski definition) is 7. The molecule has 0 radical (unpaired) electrons. The van der Waals surface area contributed by atoms with Crippen LogP contribution in [0.3, 0.4) is 0 Å². The molecule has 0 spiro atoms. The molecule has 1 saturated heterocycles. The Morgan fingerprint density at radius 2 is 1.80 bits per heavy atom. The molecule has 4 rings (SSSR count). The van der Waals surface area contributed by atoms with Crippen LogP contribution >= 0.6 is 0 Å². The molecule has 2 aromatic carbocycles. The Kier molecular flexibility index (Phi) is 8.38. The smallest absolute Gasteiger partial charge is 0.338 e. The van der Waals surface area contributed by atoms with Crippen molar-refractivity contribution < 1.29 is 29.0 Å². The molecule has 0 saturated carbocycles. The SMILES string of the molecule is CCCOC(=O)c1cccc(N2C(=O)C(=O)/C(=C(\O)c3ccc(OCC)c(C(C)(C)C)c3)C2c2cccnc2)c1. The van der Waals surface area contributed by atoms with Crippen LogP contribution in [0.25, 0.3) is 5.76 Å².